The van der Waals surface area contributed by atoms with Crippen LogP contribution in [0.15, 0.2) is 53.8 Å². The SMILES string of the molecule is CC.Cc1cc(C(=O)N2CCN(C(=O)OC(C)(C)C)CC3=CCC=CC=C32)ccc1CCCC(=O)N1CCN(CCC(C)(C)C)CC1. The number of ether oxygens (including phenoxy) is 1. The molecule has 3 amide bonds. The maximum absolute atomic E-state index is 13.9. The summed E-state index contributed by atoms with van der Waals surface area (Å²) in [4.78, 5) is 47.8. The monoisotopic (exact) mass is 648 g/mol. The molecule has 2 aliphatic heterocycles. The average Bonchev–Trinajstić information content (AvgIpc) is 3.35. The Morgan fingerprint density at radius 1 is 0.894 bits per heavy atom. The molecule has 47 heavy (non-hydrogen) atoms. The van der Waals surface area contributed by atoms with Gasteiger partial charge in [-0.05, 0) is 100 Å². The Labute approximate surface area is 284 Å². The highest BCUT2D eigenvalue weighted by Crippen LogP contribution is 2.27. The molecule has 0 atom stereocenters. The van der Waals surface area contributed by atoms with E-state index >= 15 is 0 Å². The van der Waals surface area contributed by atoms with Crippen molar-refractivity contribution in [3.8, 4) is 0 Å². The van der Waals surface area contributed by atoms with E-state index in [2.05, 4.69) is 31.7 Å². The molecular weight excluding hydrogens is 588 g/mol. The van der Waals surface area contributed by atoms with E-state index < -0.39 is 5.60 Å². The van der Waals surface area contributed by atoms with Crippen LogP contribution in [0.25, 0.3) is 0 Å². The minimum atomic E-state index is -0.592. The number of carbonyl (C=O) groups is 3. The van der Waals surface area contributed by atoms with E-state index in [1.54, 1.807) is 9.80 Å². The predicted octanol–water partition coefficient (Wildman–Crippen LogP) is 7.39. The van der Waals surface area contributed by atoms with E-state index in [1.165, 1.54) is 6.42 Å². The van der Waals surface area contributed by atoms with Gasteiger partial charge in [0, 0.05) is 56.9 Å². The summed E-state index contributed by atoms with van der Waals surface area (Å²) in [5.74, 6) is 0.158. The van der Waals surface area contributed by atoms with Gasteiger partial charge in [-0.3, -0.25) is 14.5 Å². The molecule has 0 saturated carbocycles. The molecule has 0 bridgehead atoms. The number of hydrogen-bond acceptors (Lipinski definition) is 5. The molecule has 1 aliphatic carbocycles. The van der Waals surface area contributed by atoms with Gasteiger partial charge >= 0.3 is 6.09 Å². The summed E-state index contributed by atoms with van der Waals surface area (Å²) in [5.41, 5.74) is 4.35. The standard InChI is InChI=1S/C37H54N4O4.C2H6/c1-28-26-30(17-16-29(28)13-11-15-33(42)39-22-20-38(21-23-39)19-18-36(2,3)4)34(43)41-25-24-40(35(44)45-37(5,6)7)27-31-12-9-8-10-14-32(31)41;1-2/h8,10,12,14,16-17,26H,9,11,13,15,18-25,27H2,1-7H3;1-2H3. The van der Waals surface area contributed by atoms with E-state index in [0.29, 0.717) is 37.0 Å². The first-order valence-electron chi connectivity index (χ1n) is 17.7. The molecule has 1 aromatic carbocycles. The van der Waals surface area contributed by atoms with Crippen molar-refractivity contribution in [3.63, 3.8) is 0 Å². The molecule has 0 aromatic heterocycles. The fraction of sp³-hybridized carbons (Fsp3) is 0.615. The molecule has 0 unspecified atom stereocenters. The maximum atomic E-state index is 13.9. The lowest BCUT2D eigenvalue weighted by molar-refractivity contribution is -0.133. The van der Waals surface area contributed by atoms with E-state index in [1.807, 2.05) is 82.9 Å². The minimum Gasteiger partial charge on any atom is -0.444 e. The van der Waals surface area contributed by atoms with Crippen LogP contribution in [-0.2, 0) is 16.0 Å². The van der Waals surface area contributed by atoms with Crippen LogP contribution in [0.5, 0.6) is 0 Å². The van der Waals surface area contributed by atoms with Crippen molar-refractivity contribution in [2.45, 2.75) is 100 Å². The first-order chi connectivity index (χ1) is 22.2. The van der Waals surface area contributed by atoms with Crippen molar-refractivity contribution >= 4 is 17.9 Å². The molecule has 8 nitrogen and oxygen atoms in total. The molecule has 0 spiro atoms. The van der Waals surface area contributed by atoms with Gasteiger partial charge in [0.15, 0.2) is 0 Å². The van der Waals surface area contributed by atoms with Crippen LogP contribution in [0, 0.1) is 12.3 Å². The van der Waals surface area contributed by atoms with Gasteiger partial charge in [0.1, 0.15) is 5.60 Å². The Bertz CT molecular complexity index is 1320. The highest BCUT2D eigenvalue weighted by atomic mass is 16.6. The zero-order chi connectivity index (χ0) is 34.8. The third kappa shape index (κ3) is 11.7. The first kappa shape index (κ1) is 38.1. The second kappa shape index (κ2) is 17.1. The third-order valence-electron chi connectivity index (χ3n) is 8.69. The van der Waals surface area contributed by atoms with Crippen LogP contribution in [0.1, 0.15) is 103 Å². The summed E-state index contributed by atoms with van der Waals surface area (Å²) < 4.78 is 5.65. The van der Waals surface area contributed by atoms with Crippen LogP contribution in [0.4, 0.5) is 4.79 Å². The molecule has 2 saturated heterocycles. The number of amides is 3. The lowest BCUT2D eigenvalue weighted by Crippen LogP contribution is -2.49. The van der Waals surface area contributed by atoms with Crippen LogP contribution < -0.4 is 0 Å². The van der Waals surface area contributed by atoms with Crippen LogP contribution >= 0.6 is 0 Å². The Balaban J connectivity index is 0.00000294. The van der Waals surface area contributed by atoms with Gasteiger partial charge in [-0.1, -0.05) is 58.9 Å². The normalized spacial score (nSPS) is 17.4. The number of fused-ring (bicyclic) bond motifs is 1. The fourth-order valence-electron chi connectivity index (χ4n) is 5.96. The lowest BCUT2D eigenvalue weighted by Gasteiger charge is -2.36. The first-order valence-corrected chi connectivity index (χ1v) is 17.7. The summed E-state index contributed by atoms with van der Waals surface area (Å²) in [7, 11) is 0. The number of rotatable bonds is 7. The number of allylic oxidation sites excluding steroid dienone is 4. The highest BCUT2D eigenvalue weighted by molar-refractivity contribution is 5.96. The second-order valence-electron chi connectivity index (χ2n) is 14.8. The van der Waals surface area contributed by atoms with Gasteiger partial charge in [0.05, 0.1) is 6.54 Å². The Morgan fingerprint density at radius 2 is 1.57 bits per heavy atom. The van der Waals surface area contributed by atoms with E-state index in [4.69, 9.17) is 4.74 Å². The van der Waals surface area contributed by atoms with Gasteiger partial charge in [-0.25, -0.2) is 4.79 Å². The van der Waals surface area contributed by atoms with Crippen molar-refractivity contribution in [2.24, 2.45) is 5.41 Å². The third-order valence-corrected chi connectivity index (χ3v) is 8.69. The molecule has 4 rings (SSSR count). The molecule has 2 fully saturated rings. The largest absolute Gasteiger partial charge is 0.444 e. The van der Waals surface area contributed by atoms with Crippen LogP contribution in [0.3, 0.4) is 0 Å². The lowest BCUT2D eigenvalue weighted by atomic mass is 9.92. The number of hydrogen-bond donors (Lipinski definition) is 0. The number of carbonyl (C=O) groups excluding carboxylic acids is 3. The molecule has 8 heteroatoms. The predicted molar refractivity (Wildman–Crippen MR) is 191 cm³/mol. The zero-order valence-corrected chi connectivity index (χ0v) is 30.7. The summed E-state index contributed by atoms with van der Waals surface area (Å²) in [5, 5.41) is 0. The van der Waals surface area contributed by atoms with Crippen molar-refractivity contribution < 1.29 is 19.1 Å². The van der Waals surface area contributed by atoms with Gasteiger partial charge < -0.3 is 19.4 Å². The summed E-state index contributed by atoms with van der Waals surface area (Å²) in [6.45, 7) is 24.2. The Morgan fingerprint density at radius 3 is 2.21 bits per heavy atom. The highest BCUT2D eigenvalue weighted by Gasteiger charge is 2.31. The molecule has 3 aliphatic rings. The Kier molecular flexibility index (Phi) is 13.9. The van der Waals surface area contributed by atoms with Gasteiger partial charge in [-0.2, -0.15) is 0 Å². The Hall–Kier alpha value is -3.39. The number of aryl methyl sites for hydroxylation is 2. The van der Waals surface area contributed by atoms with Gasteiger partial charge in [0.25, 0.3) is 5.91 Å². The minimum absolute atomic E-state index is 0.0834. The molecular formula is C39H60N4O4. The van der Waals surface area contributed by atoms with Gasteiger partial charge in [-0.15, -0.1) is 0 Å². The maximum Gasteiger partial charge on any atom is 0.410 e. The topological polar surface area (TPSA) is 73.4 Å². The van der Waals surface area contributed by atoms with E-state index in [9.17, 15) is 14.4 Å². The molecule has 2 heterocycles. The molecule has 260 valence electrons. The number of piperazine rings is 1. The number of nitrogens with zero attached hydrogens (tertiary/aromatic N) is 4. The van der Waals surface area contributed by atoms with Crippen LogP contribution in [0.2, 0.25) is 0 Å². The smallest absolute Gasteiger partial charge is 0.410 e. The molecule has 1 aromatic rings. The fourth-order valence-corrected chi connectivity index (χ4v) is 5.96. The zero-order valence-electron chi connectivity index (χ0n) is 30.7. The van der Waals surface area contributed by atoms with Crippen molar-refractivity contribution in [1.29, 1.82) is 0 Å². The van der Waals surface area contributed by atoms with Crippen LogP contribution in [-0.4, -0.2) is 95.5 Å². The molecule has 0 radical (unpaired) electrons. The van der Waals surface area contributed by atoms with Crippen molar-refractivity contribution in [3.05, 3.63) is 70.5 Å². The second-order valence-corrected chi connectivity index (χ2v) is 14.8. The van der Waals surface area contributed by atoms with E-state index in [0.717, 1.165) is 74.4 Å². The summed E-state index contributed by atoms with van der Waals surface area (Å²) in [6.07, 6.45) is 11.8. The van der Waals surface area contributed by atoms with Crippen molar-refractivity contribution in [1.82, 2.24) is 19.6 Å². The van der Waals surface area contributed by atoms with Crippen molar-refractivity contribution in [2.75, 3.05) is 52.4 Å². The summed E-state index contributed by atoms with van der Waals surface area (Å²) in [6, 6.07) is 5.89. The summed E-state index contributed by atoms with van der Waals surface area (Å²) >= 11 is 0. The number of benzene rings is 1. The quantitative estimate of drug-likeness (QED) is 0.308. The average molecular weight is 649 g/mol. The van der Waals surface area contributed by atoms with Gasteiger partial charge in [0.2, 0.25) is 5.91 Å². The van der Waals surface area contributed by atoms with E-state index in [-0.39, 0.29) is 17.9 Å². The molecule has 0 N–H and O–H groups in total.